The SMILES string of the molecule is CN(C)C(=O)N1CCN(c2ccc3nnc(C4CC4)n3n2)CC1. The Balaban J connectivity index is 1.51. The minimum Gasteiger partial charge on any atom is -0.352 e. The average molecular weight is 315 g/mol. The number of fused-ring (bicyclic) bond motifs is 1. The number of piperazine rings is 1. The third-order valence-electron chi connectivity index (χ3n) is 4.47. The summed E-state index contributed by atoms with van der Waals surface area (Å²) in [6.07, 6.45) is 2.36. The molecule has 3 heterocycles. The average Bonchev–Trinajstić information content (AvgIpc) is 3.33. The summed E-state index contributed by atoms with van der Waals surface area (Å²) in [4.78, 5) is 17.7. The summed E-state index contributed by atoms with van der Waals surface area (Å²) in [6.45, 7) is 3.01. The predicted molar refractivity (Wildman–Crippen MR) is 85.6 cm³/mol. The van der Waals surface area contributed by atoms with Crippen molar-refractivity contribution in [3.8, 4) is 0 Å². The zero-order valence-corrected chi connectivity index (χ0v) is 13.5. The fraction of sp³-hybridized carbons (Fsp3) is 0.600. The van der Waals surface area contributed by atoms with E-state index in [1.54, 1.807) is 19.0 Å². The van der Waals surface area contributed by atoms with Crippen LogP contribution in [0.5, 0.6) is 0 Å². The summed E-state index contributed by atoms with van der Waals surface area (Å²) in [5.41, 5.74) is 0.803. The molecule has 4 rings (SSSR count). The van der Waals surface area contributed by atoms with Gasteiger partial charge in [-0.25, -0.2) is 4.79 Å². The molecule has 2 fully saturated rings. The number of hydrogen-bond acceptors (Lipinski definition) is 5. The smallest absolute Gasteiger partial charge is 0.319 e. The molecule has 2 aliphatic rings. The van der Waals surface area contributed by atoms with Crippen LogP contribution < -0.4 is 4.90 Å². The first kappa shape index (κ1) is 14.2. The highest BCUT2D eigenvalue weighted by molar-refractivity contribution is 5.74. The molecule has 122 valence electrons. The van der Waals surface area contributed by atoms with Crippen molar-refractivity contribution < 1.29 is 4.79 Å². The molecule has 2 amide bonds. The second-order valence-electron chi connectivity index (χ2n) is 6.45. The van der Waals surface area contributed by atoms with Gasteiger partial charge in [-0.05, 0) is 25.0 Å². The number of aromatic nitrogens is 4. The fourth-order valence-electron chi connectivity index (χ4n) is 2.97. The number of carbonyl (C=O) groups is 1. The lowest BCUT2D eigenvalue weighted by atomic mass is 10.3. The molecule has 1 saturated carbocycles. The van der Waals surface area contributed by atoms with Crippen molar-refractivity contribution in [3.63, 3.8) is 0 Å². The number of nitrogens with zero attached hydrogens (tertiary/aromatic N) is 7. The lowest BCUT2D eigenvalue weighted by molar-refractivity contribution is 0.168. The van der Waals surface area contributed by atoms with Gasteiger partial charge in [0.15, 0.2) is 11.5 Å². The van der Waals surface area contributed by atoms with E-state index < -0.39 is 0 Å². The van der Waals surface area contributed by atoms with E-state index in [0.29, 0.717) is 19.0 Å². The minimum atomic E-state index is 0.0721. The number of anilines is 1. The van der Waals surface area contributed by atoms with Gasteiger partial charge < -0.3 is 14.7 Å². The quantitative estimate of drug-likeness (QED) is 0.820. The maximum absolute atomic E-state index is 12.0. The lowest BCUT2D eigenvalue weighted by Crippen LogP contribution is -2.51. The molecular weight excluding hydrogens is 294 g/mol. The van der Waals surface area contributed by atoms with Crippen LogP contribution in [-0.2, 0) is 0 Å². The summed E-state index contributed by atoms with van der Waals surface area (Å²) in [5.74, 6) is 2.42. The lowest BCUT2D eigenvalue weighted by Gasteiger charge is -2.36. The van der Waals surface area contributed by atoms with Crippen LogP contribution in [0, 0.1) is 0 Å². The summed E-state index contributed by atoms with van der Waals surface area (Å²) in [7, 11) is 3.57. The van der Waals surface area contributed by atoms with Gasteiger partial charge in [0.25, 0.3) is 0 Å². The van der Waals surface area contributed by atoms with E-state index in [0.717, 1.165) is 30.4 Å². The van der Waals surface area contributed by atoms with Crippen LogP contribution >= 0.6 is 0 Å². The Hall–Kier alpha value is -2.38. The Morgan fingerprint density at radius 2 is 1.87 bits per heavy atom. The number of rotatable bonds is 2. The van der Waals surface area contributed by atoms with E-state index in [2.05, 4.69) is 15.1 Å². The number of carbonyl (C=O) groups excluding carboxylic acids is 1. The highest BCUT2D eigenvalue weighted by Crippen LogP contribution is 2.38. The van der Waals surface area contributed by atoms with Crippen molar-refractivity contribution in [1.29, 1.82) is 0 Å². The molecule has 23 heavy (non-hydrogen) atoms. The second-order valence-corrected chi connectivity index (χ2v) is 6.45. The summed E-state index contributed by atoms with van der Waals surface area (Å²) < 4.78 is 1.88. The molecule has 2 aromatic heterocycles. The maximum Gasteiger partial charge on any atom is 0.319 e. The third-order valence-corrected chi connectivity index (χ3v) is 4.47. The molecule has 1 aliphatic carbocycles. The predicted octanol–water partition coefficient (Wildman–Crippen LogP) is 0.805. The van der Waals surface area contributed by atoms with Gasteiger partial charge in [0.2, 0.25) is 0 Å². The maximum atomic E-state index is 12.0. The van der Waals surface area contributed by atoms with Crippen molar-refractivity contribution in [3.05, 3.63) is 18.0 Å². The van der Waals surface area contributed by atoms with Gasteiger partial charge >= 0.3 is 6.03 Å². The Morgan fingerprint density at radius 3 is 2.52 bits per heavy atom. The van der Waals surface area contributed by atoms with Crippen LogP contribution in [0.1, 0.15) is 24.6 Å². The zero-order valence-electron chi connectivity index (χ0n) is 13.5. The Kier molecular flexibility index (Phi) is 3.32. The molecule has 2 aromatic rings. The van der Waals surface area contributed by atoms with Gasteiger partial charge in [0.05, 0.1) is 0 Å². The largest absolute Gasteiger partial charge is 0.352 e. The molecule has 1 aliphatic heterocycles. The molecule has 0 bridgehead atoms. The molecule has 0 spiro atoms. The number of urea groups is 1. The molecule has 0 N–H and O–H groups in total. The van der Waals surface area contributed by atoms with Crippen molar-refractivity contribution in [2.45, 2.75) is 18.8 Å². The fourth-order valence-corrected chi connectivity index (χ4v) is 2.97. The number of amides is 2. The molecule has 8 nitrogen and oxygen atoms in total. The van der Waals surface area contributed by atoms with E-state index in [1.165, 1.54) is 12.8 Å². The molecule has 0 atom stereocenters. The van der Waals surface area contributed by atoms with Crippen LogP contribution in [-0.4, -0.2) is 75.9 Å². The minimum absolute atomic E-state index is 0.0721. The van der Waals surface area contributed by atoms with Crippen molar-refractivity contribution in [2.75, 3.05) is 45.2 Å². The van der Waals surface area contributed by atoms with Crippen LogP contribution in [0.25, 0.3) is 5.65 Å². The van der Waals surface area contributed by atoms with Crippen molar-refractivity contribution in [1.82, 2.24) is 29.6 Å². The van der Waals surface area contributed by atoms with Crippen LogP contribution in [0.4, 0.5) is 10.6 Å². The van der Waals surface area contributed by atoms with E-state index in [1.807, 2.05) is 21.5 Å². The topological polar surface area (TPSA) is 69.9 Å². The Morgan fingerprint density at radius 1 is 1.13 bits per heavy atom. The highest BCUT2D eigenvalue weighted by atomic mass is 16.2. The molecule has 0 radical (unpaired) electrons. The van der Waals surface area contributed by atoms with Crippen molar-refractivity contribution in [2.24, 2.45) is 0 Å². The van der Waals surface area contributed by atoms with Gasteiger partial charge in [0.1, 0.15) is 5.82 Å². The van der Waals surface area contributed by atoms with Gasteiger partial charge in [-0.2, -0.15) is 4.52 Å². The van der Waals surface area contributed by atoms with Gasteiger partial charge in [0, 0.05) is 46.2 Å². The summed E-state index contributed by atoms with van der Waals surface area (Å²) in [6, 6.07) is 4.03. The van der Waals surface area contributed by atoms with Gasteiger partial charge in [-0.15, -0.1) is 15.3 Å². The van der Waals surface area contributed by atoms with Crippen LogP contribution in [0.15, 0.2) is 12.1 Å². The first-order valence-corrected chi connectivity index (χ1v) is 8.07. The van der Waals surface area contributed by atoms with E-state index in [-0.39, 0.29) is 6.03 Å². The summed E-state index contributed by atoms with van der Waals surface area (Å²) >= 11 is 0. The van der Waals surface area contributed by atoms with Gasteiger partial charge in [-0.3, -0.25) is 0 Å². The van der Waals surface area contributed by atoms with Crippen LogP contribution in [0.2, 0.25) is 0 Å². The molecule has 1 saturated heterocycles. The summed E-state index contributed by atoms with van der Waals surface area (Å²) in [5, 5.41) is 13.2. The molecule has 8 heteroatoms. The van der Waals surface area contributed by atoms with Crippen molar-refractivity contribution >= 4 is 17.5 Å². The first-order valence-electron chi connectivity index (χ1n) is 8.07. The Labute approximate surface area is 134 Å². The van der Waals surface area contributed by atoms with E-state index in [9.17, 15) is 4.79 Å². The first-order chi connectivity index (χ1) is 11.1. The second kappa shape index (κ2) is 5.36. The molecular formula is C15H21N7O. The highest BCUT2D eigenvalue weighted by Gasteiger charge is 2.30. The molecule has 0 aromatic carbocycles. The standard InChI is InChI=1S/C15H21N7O/c1-19(2)15(23)21-9-7-20(8-10-21)13-6-5-12-16-17-14(11-3-4-11)22(12)18-13/h5-6,11H,3-4,7-10H2,1-2H3. The monoisotopic (exact) mass is 315 g/mol. The molecule has 0 unspecified atom stereocenters. The normalized spacial score (nSPS) is 18.5. The van der Waals surface area contributed by atoms with E-state index >= 15 is 0 Å². The third kappa shape index (κ3) is 2.58. The zero-order chi connectivity index (χ0) is 16.0. The Bertz CT molecular complexity index is 729. The number of hydrogen-bond donors (Lipinski definition) is 0. The van der Waals surface area contributed by atoms with E-state index in [4.69, 9.17) is 5.10 Å². The van der Waals surface area contributed by atoms with Crippen LogP contribution in [0.3, 0.4) is 0 Å². The van der Waals surface area contributed by atoms with Gasteiger partial charge in [-0.1, -0.05) is 0 Å².